The first-order valence-corrected chi connectivity index (χ1v) is 7.99. The second-order valence-electron chi connectivity index (χ2n) is 6.01. The van der Waals surface area contributed by atoms with Gasteiger partial charge in [-0.2, -0.15) is 0 Å². The summed E-state index contributed by atoms with van der Waals surface area (Å²) in [6, 6.07) is 16.6. The molecule has 0 fully saturated rings. The lowest BCUT2D eigenvalue weighted by atomic mass is 10.1. The molecule has 5 rings (SSSR count). The molecule has 3 heteroatoms. The van der Waals surface area contributed by atoms with Gasteiger partial charge in [-0.1, -0.05) is 0 Å². The van der Waals surface area contributed by atoms with E-state index in [1.807, 2.05) is 24.3 Å². The number of rotatable bonds is 2. The van der Waals surface area contributed by atoms with Crippen molar-refractivity contribution in [2.75, 3.05) is 13.2 Å². The van der Waals surface area contributed by atoms with E-state index in [9.17, 15) is 0 Å². The molecule has 3 nitrogen and oxygen atoms in total. The highest BCUT2D eigenvalue weighted by Gasteiger charge is 2.16. The SMILES string of the molecule is c1cc2c(cc1-c1ccc(-c3ccc4c(c3)CCO4)o1)CCO2. The normalized spacial score (nSPS) is 15.0. The van der Waals surface area contributed by atoms with Crippen molar-refractivity contribution in [2.45, 2.75) is 12.8 Å². The second-order valence-corrected chi connectivity index (χ2v) is 6.01. The molecular formula is C20H16O3. The minimum Gasteiger partial charge on any atom is -0.493 e. The molecule has 0 radical (unpaired) electrons. The first-order chi connectivity index (χ1) is 11.4. The molecule has 0 bridgehead atoms. The third-order valence-electron chi connectivity index (χ3n) is 4.55. The first-order valence-electron chi connectivity index (χ1n) is 7.99. The Balaban J connectivity index is 1.51. The van der Waals surface area contributed by atoms with E-state index in [1.165, 1.54) is 11.1 Å². The van der Waals surface area contributed by atoms with E-state index in [0.29, 0.717) is 0 Å². The van der Waals surface area contributed by atoms with Crippen molar-refractivity contribution in [3.63, 3.8) is 0 Å². The van der Waals surface area contributed by atoms with Crippen LogP contribution in [-0.2, 0) is 12.8 Å². The van der Waals surface area contributed by atoms with Crippen LogP contribution in [0.25, 0.3) is 22.6 Å². The molecule has 114 valence electrons. The van der Waals surface area contributed by atoms with Gasteiger partial charge < -0.3 is 13.9 Å². The Morgan fingerprint density at radius 2 is 1.13 bits per heavy atom. The zero-order valence-corrected chi connectivity index (χ0v) is 12.7. The maximum absolute atomic E-state index is 6.09. The first kappa shape index (κ1) is 12.8. The lowest BCUT2D eigenvalue weighted by Crippen LogP contribution is -1.85. The molecule has 1 aromatic heterocycles. The summed E-state index contributed by atoms with van der Waals surface area (Å²) in [7, 11) is 0. The third kappa shape index (κ3) is 2.12. The summed E-state index contributed by atoms with van der Waals surface area (Å²) in [4.78, 5) is 0. The van der Waals surface area contributed by atoms with E-state index in [4.69, 9.17) is 13.9 Å². The summed E-state index contributed by atoms with van der Waals surface area (Å²) in [5.41, 5.74) is 4.72. The van der Waals surface area contributed by atoms with Crippen LogP contribution in [0.3, 0.4) is 0 Å². The maximum Gasteiger partial charge on any atom is 0.134 e. The maximum atomic E-state index is 6.09. The van der Waals surface area contributed by atoms with Crippen LogP contribution in [-0.4, -0.2) is 13.2 Å². The standard InChI is InChI=1S/C20H16O3/c1-3-17-15(7-9-21-17)11-13(1)19-5-6-20(23-19)14-2-4-18-16(12-14)8-10-22-18/h1-6,11-12H,7-10H2. The molecule has 2 aliphatic heterocycles. The largest absolute Gasteiger partial charge is 0.493 e. The van der Waals surface area contributed by atoms with Crippen LogP contribution in [0.5, 0.6) is 11.5 Å². The van der Waals surface area contributed by atoms with Crippen molar-refractivity contribution >= 4 is 0 Å². The Hall–Kier alpha value is -2.68. The lowest BCUT2D eigenvalue weighted by Gasteiger charge is -2.03. The Kier molecular flexibility index (Phi) is 2.74. The van der Waals surface area contributed by atoms with Crippen molar-refractivity contribution in [3.8, 4) is 34.1 Å². The van der Waals surface area contributed by atoms with Crippen LogP contribution in [0.15, 0.2) is 52.9 Å². The highest BCUT2D eigenvalue weighted by molar-refractivity contribution is 5.67. The van der Waals surface area contributed by atoms with Crippen molar-refractivity contribution < 1.29 is 13.9 Å². The van der Waals surface area contributed by atoms with Gasteiger partial charge in [-0.05, 0) is 59.7 Å². The summed E-state index contributed by atoms with van der Waals surface area (Å²) in [6.07, 6.45) is 1.95. The minimum atomic E-state index is 0.777. The molecule has 0 unspecified atom stereocenters. The van der Waals surface area contributed by atoms with Crippen LogP contribution in [0.1, 0.15) is 11.1 Å². The van der Waals surface area contributed by atoms with Gasteiger partial charge in [0.15, 0.2) is 0 Å². The molecule has 0 atom stereocenters. The molecule has 23 heavy (non-hydrogen) atoms. The molecular weight excluding hydrogens is 288 g/mol. The topological polar surface area (TPSA) is 31.6 Å². The van der Waals surface area contributed by atoms with E-state index >= 15 is 0 Å². The van der Waals surface area contributed by atoms with Crippen LogP contribution in [0, 0.1) is 0 Å². The van der Waals surface area contributed by atoms with Gasteiger partial charge in [-0.25, -0.2) is 0 Å². The van der Waals surface area contributed by atoms with Crippen molar-refractivity contribution in [3.05, 3.63) is 59.7 Å². The highest BCUT2D eigenvalue weighted by atomic mass is 16.5. The monoisotopic (exact) mass is 304 g/mol. The summed E-state index contributed by atoms with van der Waals surface area (Å²) >= 11 is 0. The lowest BCUT2D eigenvalue weighted by molar-refractivity contribution is 0.356. The molecule has 0 spiro atoms. The molecule has 3 heterocycles. The van der Waals surface area contributed by atoms with E-state index in [0.717, 1.165) is 60.2 Å². The van der Waals surface area contributed by atoms with Crippen LogP contribution >= 0.6 is 0 Å². The second kappa shape index (κ2) is 4.92. The zero-order chi connectivity index (χ0) is 15.2. The van der Waals surface area contributed by atoms with E-state index in [1.54, 1.807) is 0 Å². The van der Waals surface area contributed by atoms with Crippen molar-refractivity contribution in [2.24, 2.45) is 0 Å². The van der Waals surface area contributed by atoms with Gasteiger partial charge in [0, 0.05) is 24.0 Å². The highest BCUT2D eigenvalue weighted by Crippen LogP contribution is 2.35. The fourth-order valence-corrected chi connectivity index (χ4v) is 3.33. The predicted molar refractivity (Wildman–Crippen MR) is 88.0 cm³/mol. The molecule has 3 aromatic rings. The van der Waals surface area contributed by atoms with Crippen molar-refractivity contribution in [1.29, 1.82) is 0 Å². The minimum absolute atomic E-state index is 0.777. The Labute approximate surface area is 134 Å². The zero-order valence-electron chi connectivity index (χ0n) is 12.7. The number of furan rings is 1. The van der Waals surface area contributed by atoms with Gasteiger partial charge in [-0.15, -0.1) is 0 Å². The number of ether oxygens (including phenoxy) is 2. The van der Waals surface area contributed by atoms with Crippen LogP contribution < -0.4 is 9.47 Å². The fraction of sp³-hybridized carbons (Fsp3) is 0.200. The number of benzene rings is 2. The third-order valence-corrected chi connectivity index (χ3v) is 4.55. The molecule has 0 aliphatic carbocycles. The van der Waals surface area contributed by atoms with Gasteiger partial charge in [0.1, 0.15) is 23.0 Å². The van der Waals surface area contributed by atoms with Crippen LogP contribution in [0.4, 0.5) is 0 Å². The van der Waals surface area contributed by atoms with Gasteiger partial charge in [0.05, 0.1) is 13.2 Å². The summed E-state index contributed by atoms with van der Waals surface area (Å²) in [6.45, 7) is 1.55. The Morgan fingerprint density at radius 1 is 0.609 bits per heavy atom. The smallest absolute Gasteiger partial charge is 0.134 e. The molecule has 0 saturated carbocycles. The van der Waals surface area contributed by atoms with Crippen molar-refractivity contribution in [1.82, 2.24) is 0 Å². The van der Waals surface area contributed by atoms with Crippen LogP contribution in [0.2, 0.25) is 0 Å². The number of hydrogen-bond donors (Lipinski definition) is 0. The number of hydrogen-bond acceptors (Lipinski definition) is 3. The molecule has 0 saturated heterocycles. The number of fused-ring (bicyclic) bond motifs is 2. The van der Waals surface area contributed by atoms with E-state index in [2.05, 4.69) is 24.3 Å². The average molecular weight is 304 g/mol. The summed E-state index contributed by atoms with van der Waals surface area (Å²) < 4.78 is 17.2. The molecule has 2 aromatic carbocycles. The average Bonchev–Trinajstić information content (AvgIpc) is 3.32. The Bertz CT molecular complexity index is 820. The predicted octanol–water partition coefficient (Wildman–Crippen LogP) is 4.48. The van der Waals surface area contributed by atoms with Gasteiger partial charge >= 0.3 is 0 Å². The summed E-state index contributed by atoms with van der Waals surface area (Å²) in [5, 5.41) is 0. The van der Waals surface area contributed by atoms with E-state index < -0.39 is 0 Å². The molecule has 0 N–H and O–H groups in total. The van der Waals surface area contributed by atoms with E-state index in [-0.39, 0.29) is 0 Å². The van der Waals surface area contributed by atoms with Gasteiger partial charge in [-0.3, -0.25) is 0 Å². The Morgan fingerprint density at radius 3 is 1.65 bits per heavy atom. The summed E-state index contributed by atoms with van der Waals surface area (Å²) in [5.74, 6) is 3.79. The molecule has 0 amide bonds. The molecule has 2 aliphatic rings. The fourth-order valence-electron chi connectivity index (χ4n) is 3.33. The quantitative estimate of drug-likeness (QED) is 0.699. The van der Waals surface area contributed by atoms with Gasteiger partial charge in [0.2, 0.25) is 0 Å². The van der Waals surface area contributed by atoms with Gasteiger partial charge in [0.25, 0.3) is 0 Å².